The number of hydrogen-bond acceptors (Lipinski definition) is 5. The molecule has 0 radical (unpaired) electrons. The van der Waals surface area contributed by atoms with Gasteiger partial charge in [-0.1, -0.05) is 15.9 Å². The summed E-state index contributed by atoms with van der Waals surface area (Å²) >= 11 is 4.87. The first-order valence-corrected chi connectivity index (χ1v) is 8.63. The van der Waals surface area contributed by atoms with E-state index in [-0.39, 0.29) is 11.3 Å². The van der Waals surface area contributed by atoms with Crippen LogP contribution in [-0.2, 0) is 19.1 Å². The first-order chi connectivity index (χ1) is 9.80. The zero-order valence-electron chi connectivity index (χ0n) is 12.0. The highest BCUT2D eigenvalue weighted by atomic mass is 79.9. The number of nitrogens with one attached hydrogen (secondary N) is 1. The quantitative estimate of drug-likeness (QED) is 0.343. The molecule has 0 saturated carbocycles. The molecule has 2 heterocycles. The predicted octanol–water partition coefficient (Wildman–Crippen LogP) is 1.01. The third-order valence-electron chi connectivity index (χ3n) is 3.05. The van der Waals surface area contributed by atoms with Gasteiger partial charge in [0.2, 0.25) is 6.41 Å². The second-order valence-corrected chi connectivity index (χ2v) is 7.43. The molecule has 2 amide bonds. The molecule has 0 spiro atoms. The van der Waals surface area contributed by atoms with Crippen LogP contribution >= 0.6 is 27.7 Å². The summed E-state index contributed by atoms with van der Waals surface area (Å²) in [4.78, 5) is 36.5. The maximum absolute atomic E-state index is 12.4. The van der Waals surface area contributed by atoms with Crippen LogP contribution in [0.1, 0.15) is 20.8 Å². The third kappa shape index (κ3) is 3.11. The number of rotatable bonds is 4. The van der Waals surface area contributed by atoms with Crippen LogP contribution in [0.15, 0.2) is 11.3 Å². The average molecular weight is 377 g/mol. The summed E-state index contributed by atoms with van der Waals surface area (Å²) in [5, 5.41) is 2.75. The monoisotopic (exact) mass is 376 g/mol. The van der Waals surface area contributed by atoms with Gasteiger partial charge in [0, 0.05) is 11.1 Å². The van der Waals surface area contributed by atoms with Crippen molar-refractivity contribution in [2.75, 3.05) is 11.1 Å². The Morgan fingerprint density at radius 3 is 2.76 bits per heavy atom. The minimum absolute atomic E-state index is 0.243. The molecule has 6 nitrogen and oxygen atoms in total. The van der Waals surface area contributed by atoms with Gasteiger partial charge in [-0.05, 0) is 26.3 Å². The van der Waals surface area contributed by atoms with Crippen molar-refractivity contribution in [3.8, 4) is 0 Å². The second kappa shape index (κ2) is 6.00. The Morgan fingerprint density at radius 1 is 1.57 bits per heavy atom. The van der Waals surface area contributed by atoms with Crippen LogP contribution in [0.4, 0.5) is 0 Å². The SMILES string of the molecule is CC(C)(C)OC(=O)C1=C(CBr)CS[C@@H]2C(NC=O)C(=O)N12. The van der Waals surface area contributed by atoms with E-state index in [0.717, 1.165) is 5.57 Å². The molecule has 2 rings (SSSR count). The highest BCUT2D eigenvalue weighted by molar-refractivity contribution is 9.09. The van der Waals surface area contributed by atoms with Crippen LogP contribution < -0.4 is 5.32 Å². The molecule has 2 aliphatic rings. The van der Waals surface area contributed by atoms with Gasteiger partial charge in [0.15, 0.2) is 0 Å². The van der Waals surface area contributed by atoms with E-state index >= 15 is 0 Å². The Morgan fingerprint density at radius 2 is 2.24 bits per heavy atom. The molecule has 8 heteroatoms. The fraction of sp³-hybridized carbons (Fsp3) is 0.615. The Bertz CT molecular complexity index is 515. The number of hydrogen-bond donors (Lipinski definition) is 1. The molecular formula is C13H17BrN2O4S. The molecule has 2 atom stereocenters. The van der Waals surface area contributed by atoms with E-state index in [9.17, 15) is 14.4 Å². The lowest BCUT2D eigenvalue weighted by Crippen LogP contribution is -2.69. The number of fused-ring (bicyclic) bond motifs is 1. The van der Waals surface area contributed by atoms with E-state index in [4.69, 9.17) is 4.74 Å². The van der Waals surface area contributed by atoms with Gasteiger partial charge in [-0.2, -0.15) is 0 Å². The molecule has 0 aromatic rings. The van der Waals surface area contributed by atoms with Crippen molar-refractivity contribution in [2.24, 2.45) is 0 Å². The Hall–Kier alpha value is -1.02. The number of nitrogens with zero attached hydrogens (tertiary/aromatic N) is 1. The van der Waals surface area contributed by atoms with Crippen molar-refractivity contribution in [3.05, 3.63) is 11.3 Å². The molecule has 21 heavy (non-hydrogen) atoms. The molecule has 0 aromatic carbocycles. The second-order valence-electron chi connectivity index (χ2n) is 5.76. The summed E-state index contributed by atoms with van der Waals surface area (Å²) in [6, 6.07) is -0.568. The van der Waals surface area contributed by atoms with Gasteiger partial charge in [-0.3, -0.25) is 14.5 Å². The maximum Gasteiger partial charge on any atom is 0.355 e. The smallest absolute Gasteiger partial charge is 0.355 e. The molecule has 1 saturated heterocycles. The predicted molar refractivity (Wildman–Crippen MR) is 82.7 cm³/mol. The minimum atomic E-state index is -0.629. The normalized spacial score (nSPS) is 25.1. The van der Waals surface area contributed by atoms with Crippen molar-refractivity contribution in [2.45, 2.75) is 37.8 Å². The summed E-state index contributed by atoms with van der Waals surface area (Å²) in [7, 11) is 0. The number of halogens is 1. The number of carbonyl (C=O) groups is 3. The number of alkyl halides is 1. The first kappa shape index (κ1) is 16.4. The van der Waals surface area contributed by atoms with Crippen molar-refractivity contribution in [3.63, 3.8) is 0 Å². The molecule has 1 unspecified atom stereocenters. The number of thioether (sulfide) groups is 1. The third-order valence-corrected chi connectivity index (χ3v) is 5.06. The van der Waals surface area contributed by atoms with E-state index < -0.39 is 17.6 Å². The van der Waals surface area contributed by atoms with Crippen LogP contribution in [0.5, 0.6) is 0 Å². The van der Waals surface area contributed by atoms with Crippen molar-refractivity contribution in [1.29, 1.82) is 0 Å². The average Bonchev–Trinajstić information content (AvgIpc) is 2.40. The zero-order chi connectivity index (χ0) is 15.8. The highest BCUT2D eigenvalue weighted by Crippen LogP contribution is 2.41. The van der Waals surface area contributed by atoms with Crippen molar-refractivity contribution < 1.29 is 19.1 Å². The molecule has 1 fully saturated rings. The summed E-state index contributed by atoms with van der Waals surface area (Å²) < 4.78 is 5.39. The maximum atomic E-state index is 12.4. The molecule has 0 aliphatic carbocycles. The lowest BCUT2D eigenvalue weighted by Gasteiger charge is -2.49. The summed E-state index contributed by atoms with van der Waals surface area (Å²) in [5.41, 5.74) is 0.499. The Balaban J connectivity index is 2.27. The molecule has 116 valence electrons. The summed E-state index contributed by atoms with van der Waals surface area (Å²) in [6.45, 7) is 5.34. The molecule has 0 bridgehead atoms. The zero-order valence-corrected chi connectivity index (χ0v) is 14.4. The van der Waals surface area contributed by atoms with E-state index in [2.05, 4.69) is 21.2 Å². The Kier molecular flexibility index (Phi) is 4.67. The van der Waals surface area contributed by atoms with Crippen LogP contribution in [0.25, 0.3) is 0 Å². The van der Waals surface area contributed by atoms with Crippen LogP contribution in [0.2, 0.25) is 0 Å². The fourth-order valence-electron chi connectivity index (χ4n) is 2.19. The van der Waals surface area contributed by atoms with E-state index in [1.165, 1.54) is 16.7 Å². The van der Waals surface area contributed by atoms with Crippen molar-refractivity contribution in [1.82, 2.24) is 10.2 Å². The Labute approximate surface area is 135 Å². The minimum Gasteiger partial charge on any atom is -0.455 e. The van der Waals surface area contributed by atoms with Crippen LogP contribution in [0.3, 0.4) is 0 Å². The van der Waals surface area contributed by atoms with Crippen molar-refractivity contribution >= 4 is 46.0 Å². The number of β-lactam (4-membered cyclic amide) rings is 1. The molecule has 2 aliphatic heterocycles. The molecule has 0 aromatic heterocycles. The van der Waals surface area contributed by atoms with Gasteiger partial charge in [-0.15, -0.1) is 11.8 Å². The number of esters is 1. The number of amides is 2. The number of ether oxygens (including phenoxy) is 1. The lowest BCUT2D eigenvalue weighted by molar-refractivity contribution is -0.158. The van der Waals surface area contributed by atoms with Gasteiger partial charge >= 0.3 is 5.97 Å². The number of carbonyl (C=O) groups excluding carboxylic acids is 3. The van der Waals surface area contributed by atoms with Crippen LogP contribution in [0, 0.1) is 0 Å². The largest absolute Gasteiger partial charge is 0.455 e. The van der Waals surface area contributed by atoms with Gasteiger partial charge in [0.1, 0.15) is 22.7 Å². The van der Waals surface area contributed by atoms with E-state index in [0.29, 0.717) is 23.2 Å². The standard InChI is InChI=1S/C13H17BrN2O4S/c1-13(2,3)20-12(19)9-7(4-14)5-21-11-8(15-6-17)10(18)16(9)11/h6,8,11H,4-5H2,1-3H3,(H,15,17)/t8?,11-/m1/s1. The first-order valence-electron chi connectivity index (χ1n) is 6.46. The topological polar surface area (TPSA) is 75.7 Å². The van der Waals surface area contributed by atoms with E-state index in [1.807, 2.05) is 0 Å². The lowest BCUT2D eigenvalue weighted by atomic mass is 10.0. The summed E-state index contributed by atoms with van der Waals surface area (Å²) in [6.07, 6.45) is 0.511. The van der Waals surface area contributed by atoms with Crippen LogP contribution in [-0.4, -0.2) is 51.3 Å². The fourth-order valence-corrected chi connectivity index (χ4v) is 4.28. The molecule has 1 N–H and O–H groups in total. The van der Waals surface area contributed by atoms with Gasteiger partial charge < -0.3 is 10.1 Å². The van der Waals surface area contributed by atoms with Gasteiger partial charge in [0.25, 0.3) is 5.91 Å². The van der Waals surface area contributed by atoms with Gasteiger partial charge in [0.05, 0.1) is 0 Å². The van der Waals surface area contributed by atoms with E-state index in [1.54, 1.807) is 20.8 Å². The molecular weight excluding hydrogens is 360 g/mol. The highest BCUT2D eigenvalue weighted by Gasteiger charge is 2.53. The van der Waals surface area contributed by atoms with Gasteiger partial charge in [-0.25, -0.2) is 4.79 Å². The summed E-state index contributed by atoms with van der Waals surface area (Å²) in [5.74, 6) is -0.163.